The fourth-order valence-electron chi connectivity index (χ4n) is 2.79. The van der Waals surface area contributed by atoms with Crippen LogP contribution in [0.1, 0.15) is 34.3 Å². The molecule has 2 amide bonds. The fourth-order valence-corrected chi connectivity index (χ4v) is 3.79. The molecule has 0 radical (unpaired) electrons. The van der Waals surface area contributed by atoms with Gasteiger partial charge in [-0.3, -0.25) is 14.5 Å². The maximum Gasteiger partial charge on any atom is 0.339 e. The van der Waals surface area contributed by atoms with E-state index in [2.05, 4.69) is 6.07 Å². The van der Waals surface area contributed by atoms with E-state index in [-0.39, 0.29) is 5.91 Å². The number of esters is 1. The normalized spacial score (nSPS) is 13.2. The lowest BCUT2D eigenvalue weighted by molar-refractivity contribution is -0.143. The maximum absolute atomic E-state index is 12.4. The van der Waals surface area contributed by atoms with Crippen LogP contribution in [-0.2, 0) is 20.1 Å². The van der Waals surface area contributed by atoms with Gasteiger partial charge in [-0.1, -0.05) is 24.3 Å². The number of likely N-dealkylation sites (tertiary alicyclic amines) is 1. The van der Waals surface area contributed by atoms with E-state index in [0.29, 0.717) is 36.3 Å². The van der Waals surface area contributed by atoms with Gasteiger partial charge in [0.15, 0.2) is 6.61 Å². The summed E-state index contributed by atoms with van der Waals surface area (Å²) >= 11 is 1.47. The van der Waals surface area contributed by atoms with Crippen LogP contribution in [0.4, 0.5) is 0 Å². The van der Waals surface area contributed by atoms with Crippen LogP contribution in [0.5, 0.6) is 0 Å². The number of imide groups is 1. The van der Waals surface area contributed by atoms with Crippen LogP contribution in [-0.4, -0.2) is 35.8 Å². The topological polar surface area (TPSA) is 87.5 Å². The summed E-state index contributed by atoms with van der Waals surface area (Å²) in [7, 11) is 0. The van der Waals surface area contributed by atoms with Crippen LogP contribution in [0.2, 0.25) is 0 Å². The summed E-state index contributed by atoms with van der Waals surface area (Å²) < 4.78 is 5.14. The lowest BCUT2D eigenvalue weighted by atomic mass is 10.2. The molecule has 6 nitrogen and oxygen atoms in total. The first-order valence-electron chi connectivity index (χ1n) is 8.79. The number of thioether (sulfide) groups is 1. The second-order valence-electron chi connectivity index (χ2n) is 6.21. The van der Waals surface area contributed by atoms with Crippen molar-refractivity contribution in [3.63, 3.8) is 0 Å². The molecule has 2 aromatic rings. The third-order valence-corrected chi connectivity index (χ3v) is 5.43. The molecule has 0 atom stereocenters. The van der Waals surface area contributed by atoms with E-state index in [0.717, 1.165) is 15.4 Å². The van der Waals surface area contributed by atoms with Crippen LogP contribution in [0.15, 0.2) is 53.4 Å². The first-order valence-corrected chi connectivity index (χ1v) is 9.78. The second-order valence-corrected chi connectivity index (χ2v) is 7.23. The largest absolute Gasteiger partial charge is 0.452 e. The Morgan fingerprint density at radius 1 is 1.14 bits per heavy atom. The number of carbonyl (C=O) groups is 3. The van der Waals surface area contributed by atoms with Crippen molar-refractivity contribution in [3.8, 4) is 6.07 Å². The Hall–Kier alpha value is -3.11. The van der Waals surface area contributed by atoms with Gasteiger partial charge >= 0.3 is 5.97 Å². The molecule has 0 spiro atoms. The van der Waals surface area contributed by atoms with Gasteiger partial charge in [0.1, 0.15) is 0 Å². The van der Waals surface area contributed by atoms with Gasteiger partial charge < -0.3 is 4.74 Å². The summed E-state index contributed by atoms with van der Waals surface area (Å²) in [5, 5.41) is 8.86. The SMILES string of the molecule is N#Cc1ccc(CSc2ccccc2C(=O)OCC(=O)N2CCCC2=O)cc1. The van der Waals surface area contributed by atoms with E-state index in [1.165, 1.54) is 11.8 Å². The summed E-state index contributed by atoms with van der Waals surface area (Å²) in [5.74, 6) is -0.682. The minimum absolute atomic E-state index is 0.223. The van der Waals surface area contributed by atoms with Crippen LogP contribution < -0.4 is 0 Å². The van der Waals surface area contributed by atoms with Crippen molar-refractivity contribution in [1.29, 1.82) is 5.26 Å². The molecule has 0 unspecified atom stereocenters. The van der Waals surface area contributed by atoms with E-state index in [9.17, 15) is 14.4 Å². The standard InChI is InChI=1S/C21H18N2O4S/c22-12-15-7-9-16(10-8-15)14-28-18-5-2-1-4-17(18)21(26)27-13-20(25)23-11-3-6-19(23)24/h1-2,4-5,7-10H,3,6,11,13-14H2. The van der Waals surface area contributed by atoms with E-state index in [4.69, 9.17) is 10.00 Å². The molecule has 1 aliphatic heterocycles. The summed E-state index contributed by atoms with van der Waals surface area (Å²) in [6.45, 7) is -0.0640. The zero-order valence-corrected chi connectivity index (χ0v) is 15.9. The highest BCUT2D eigenvalue weighted by Gasteiger charge is 2.27. The zero-order valence-electron chi connectivity index (χ0n) is 15.1. The molecule has 1 aliphatic rings. The number of nitrogens with zero attached hydrogens (tertiary/aromatic N) is 2. The summed E-state index contributed by atoms with van der Waals surface area (Å²) in [6, 6.07) is 16.3. The van der Waals surface area contributed by atoms with Gasteiger partial charge in [-0.2, -0.15) is 5.26 Å². The smallest absolute Gasteiger partial charge is 0.339 e. The molecule has 7 heteroatoms. The monoisotopic (exact) mass is 394 g/mol. The number of ether oxygens (including phenoxy) is 1. The third-order valence-electron chi connectivity index (χ3n) is 4.29. The highest BCUT2D eigenvalue weighted by atomic mass is 32.2. The van der Waals surface area contributed by atoms with E-state index in [1.54, 1.807) is 24.3 Å². The highest BCUT2D eigenvalue weighted by Crippen LogP contribution is 2.27. The third kappa shape index (κ3) is 4.78. The number of benzene rings is 2. The van der Waals surface area contributed by atoms with Crippen molar-refractivity contribution in [2.45, 2.75) is 23.5 Å². The van der Waals surface area contributed by atoms with Gasteiger partial charge in [-0.05, 0) is 36.2 Å². The second kappa shape index (κ2) is 9.20. The summed E-state index contributed by atoms with van der Waals surface area (Å²) in [6.07, 6.45) is 1.00. The Kier molecular flexibility index (Phi) is 6.45. The van der Waals surface area contributed by atoms with Crippen LogP contribution >= 0.6 is 11.8 Å². The molecule has 3 rings (SSSR count). The minimum atomic E-state index is -0.595. The number of hydrogen-bond acceptors (Lipinski definition) is 6. The lowest BCUT2D eigenvalue weighted by Gasteiger charge is -2.14. The molecule has 0 aromatic heterocycles. The van der Waals surface area contributed by atoms with Crippen molar-refractivity contribution in [1.82, 2.24) is 4.90 Å². The molecule has 1 saturated heterocycles. The number of rotatable bonds is 6. The van der Waals surface area contributed by atoms with Crippen molar-refractivity contribution < 1.29 is 19.1 Å². The van der Waals surface area contributed by atoms with Crippen LogP contribution in [0.3, 0.4) is 0 Å². The van der Waals surface area contributed by atoms with Gasteiger partial charge in [-0.15, -0.1) is 11.8 Å². The Balaban J connectivity index is 1.60. The van der Waals surface area contributed by atoms with Gasteiger partial charge in [0.25, 0.3) is 5.91 Å². The Morgan fingerprint density at radius 3 is 2.57 bits per heavy atom. The van der Waals surface area contributed by atoms with E-state index >= 15 is 0 Å². The summed E-state index contributed by atoms with van der Waals surface area (Å²) in [4.78, 5) is 37.9. The molecular weight excluding hydrogens is 376 g/mol. The molecular formula is C21H18N2O4S. The van der Waals surface area contributed by atoms with Gasteiger partial charge in [0, 0.05) is 23.6 Å². The molecule has 0 bridgehead atoms. The maximum atomic E-state index is 12.4. The first kappa shape index (κ1) is 19.6. The van der Waals surface area contributed by atoms with E-state index in [1.807, 2.05) is 24.3 Å². The number of amides is 2. The fraction of sp³-hybridized carbons (Fsp3) is 0.238. The van der Waals surface area contributed by atoms with Crippen molar-refractivity contribution >= 4 is 29.5 Å². The average Bonchev–Trinajstić information content (AvgIpc) is 3.16. The average molecular weight is 394 g/mol. The molecule has 1 fully saturated rings. The Morgan fingerprint density at radius 2 is 1.89 bits per heavy atom. The van der Waals surface area contributed by atoms with Crippen LogP contribution in [0, 0.1) is 11.3 Å². The summed E-state index contributed by atoms with van der Waals surface area (Å²) in [5.41, 5.74) is 2.00. The van der Waals surface area contributed by atoms with Gasteiger partial charge in [0.05, 0.1) is 17.2 Å². The highest BCUT2D eigenvalue weighted by molar-refractivity contribution is 7.98. The predicted molar refractivity (Wildman–Crippen MR) is 103 cm³/mol. The van der Waals surface area contributed by atoms with Crippen molar-refractivity contribution in [2.24, 2.45) is 0 Å². The molecule has 1 heterocycles. The molecule has 28 heavy (non-hydrogen) atoms. The molecule has 142 valence electrons. The quantitative estimate of drug-likeness (QED) is 0.552. The zero-order chi connectivity index (χ0) is 19.9. The lowest BCUT2D eigenvalue weighted by Crippen LogP contribution is -2.35. The Labute approximate surface area is 167 Å². The van der Waals surface area contributed by atoms with Crippen molar-refractivity contribution in [3.05, 3.63) is 65.2 Å². The first-order chi connectivity index (χ1) is 13.6. The van der Waals surface area contributed by atoms with Crippen LogP contribution in [0.25, 0.3) is 0 Å². The van der Waals surface area contributed by atoms with Gasteiger partial charge in [-0.25, -0.2) is 4.79 Å². The number of hydrogen-bond donors (Lipinski definition) is 0. The molecule has 2 aromatic carbocycles. The number of nitriles is 1. The molecule has 0 aliphatic carbocycles. The minimum Gasteiger partial charge on any atom is -0.452 e. The van der Waals surface area contributed by atoms with Gasteiger partial charge in [0.2, 0.25) is 5.91 Å². The Bertz CT molecular complexity index is 934. The molecule has 0 N–H and O–H groups in total. The van der Waals surface area contributed by atoms with E-state index < -0.39 is 18.5 Å². The predicted octanol–water partition coefficient (Wildman–Crippen LogP) is 3.16. The van der Waals surface area contributed by atoms with Crippen molar-refractivity contribution in [2.75, 3.05) is 13.2 Å². The number of carbonyl (C=O) groups excluding carboxylic acids is 3. The molecule has 0 saturated carbocycles.